The molecule has 1 heterocycles. The van der Waals surface area contributed by atoms with Crippen molar-refractivity contribution in [1.82, 2.24) is 4.31 Å². The highest BCUT2D eigenvalue weighted by Gasteiger charge is 2.29. The molecule has 3 N–H and O–H groups in total. The van der Waals surface area contributed by atoms with E-state index < -0.39 is 21.3 Å². The van der Waals surface area contributed by atoms with Crippen LogP contribution in [0.15, 0.2) is 40.6 Å². The Morgan fingerprint density at radius 1 is 1.19 bits per heavy atom. The van der Waals surface area contributed by atoms with E-state index in [-0.39, 0.29) is 27.2 Å². The second kappa shape index (κ2) is 7.79. The number of amides is 2. The number of carbonyl (C=O) groups is 2. The van der Waals surface area contributed by atoms with Crippen molar-refractivity contribution in [2.45, 2.75) is 31.5 Å². The number of carbonyl (C=O) groups excluding carboxylic acids is 2. The lowest BCUT2D eigenvalue weighted by Crippen LogP contribution is -2.28. The van der Waals surface area contributed by atoms with Crippen molar-refractivity contribution < 1.29 is 18.0 Å². The number of rotatable bonds is 6. The molecule has 2 aromatic rings. The van der Waals surface area contributed by atoms with Gasteiger partial charge in [-0.25, -0.2) is 8.42 Å². The Labute approximate surface area is 163 Å². The van der Waals surface area contributed by atoms with E-state index in [4.69, 9.17) is 5.73 Å². The predicted molar refractivity (Wildman–Crippen MR) is 106 cm³/mol. The van der Waals surface area contributed by atoms with Crippen molar-refractivity contribution in [1.29, 1.82) is 0 Å². The summed E-state index contributed by atoms with van der Waals surface area (Å²) in [4.78, 5) is 23.9. The molecular formula is C18H23N3O4S2. The molecule has 0 atom stereocenters. The Morgan fingerprint density at radius 3 is 2.30 bits per heavy atom. The first-order chi connectivity index (χ1) is 12.4. The number of primary amides is 1. The zero-order valence-corrected chi connectivity index (χ0v) is 17.3. The third kappa shape index (κ3) is 4.94. The molecule has 1 aromatic heterocycles. The maximum atomic E-state index is 12.9. The van der Waals surface area contributed by atoms with Gasteiger partial charge in [0.05, 0.1) is 5.56 Å². The van der Waals surface area contributed by atoms with Gasteiger partial charge in [0.15, 0.2) is 0 Å². The van der Waals surface area contributed by atoms with E-state index in [0.717, 1.165) is 16.9 Å². The van der Waals surface area contributed by atoms with E-state index in [9.17, 15) is 18.0 Å². The van der Waals surface area contributed by atoms with Crippen LogP contribution >= 0.6 is 11.3 Å². The molecule has 0 aliphatic rings. The number of anilines is 1. The molecule has 1 aromatic carbocycles. The first-order valence-electron chi connectivity index (χ1n) is 8.18. The van der Waals surface area contributed by atoms with E-state index in [1.807, 2.05) is 30.3 Å². The average Bonchev–Trinajstić information content (AvgIpc) is 2.99. The number of nitrogens with one attached hydrogen (secondary N) is 1. The van der Waals surface area contributed by atoms with Crippen molar-refractivity contribution >= 4 is 38.2 Å². The number of hydrogen-bond acceptors (Lipinski definition) is 5. The van der Waals surface area contributed by atoms with E-state index in [2.05, 4.69) is 5.32 Å². The SMILES string of the molecule is CN(Cc1ccccc1)S(=O)(=O)c1cc(C(N)=O)c(NC(=O)C(C)(C)C)s1. The molecule has 0 saturated heterocycles. The molecule has 7 nitrogen and oxygen atoms in total. The van der Waals surface area contributed by atoms with Crippen LogP contribution in [0.2, 0.25) is 0 Å². The molecule has 0 spiro atoms. The summed E-state index contributed by atoms with van der Waals surface area (Å²) in [6.07, 6.45) is 0. The number of nitrogens with two attached hydrogens (primary N) is 1. The molecule has 146 valence electrons. The summed E-state index contributed by atoms with van der Waals surface area (Å²) in [7, 11) is -2.39. The normalized spacial score (nSPS) is 12.2. The van der Waals surface area contributed by atoms with Crippen LogP contribution in [0, 0.1) is 5.41 Å². The van der Waals surface area contributed by atoms with E-state index in [1.165, 1.54) is 17.4 Å². The van der Waals surface area contributed by atoms with Crippen LogP contribution in [0.25, 0.3) is 0 Å². The van der Waals surface area contributed by atoms with Crippen molar-refractivity contribution in [2.75, 3.05) is 12.4 Å². The topological polar surface area (TPSA) is 110 Å². The fraction of sp³-hybridized carbons (Fsp3) is 0.333. The van der Waals surface area contributed by atoms with Gasteiger partial charge in [-0.15, -0.1) is 11.3 Å². The van der Waals surface area contributed by atoms with Crippen LogP contribution < -0.4 is 11.1 Å². The second-order valence-electron chi connectivity index (χ2n) is 7.12. The van der Waals surface area contributed by atoms with Gasteiger partial charge in [-0.05, 0) is 11.6 Å². The number of nitrogens with zero attached hydrogens (tertiary/aromatic N) is 1. The van der Waals surface area contributed by atoms with Crippen LogP contribution in [0.5, 0.6) is 0 Å². The van der Waals surface area contributed by atoms with Crippen LogP contribution in [0.4, 0.5) is 5.00 Å². The molecule has 0 unspecified atom stereocenters. The Hall–Kier alpha value is -2.23. The van der Waals surface area contributed by atoms with Gasteiger partial charge in [-0.1, -0.05) is 51.1 Å². The zero-order chi connectivity index (χ0) is 20.4. The van der Waals surface area contributed by atoms with Crippen molar-refractivity contribution in [2.24, 2.45) is 11.1 Å². The number of benzene rings is 1. The fourth-order valence-corrected chi connectivity index (χ4v) is 4.88. The monoisotopic (exact) mass is 409 g/mol. The van der Waals surface area contributed by atoms with E-state index in [1.54, 1.807) is 20.8 Å². The van der Waals surface area contributed by atoms with Crippen LogP contribution in [-0.4, -0.2) is 31.6 Å². The number of sulfonamides is 1. The molecule has 27 heavy (non-hydrogen) atoms. The zero-order valence-electron chi connectivity index (χ0n) is 15.6. The number of hydrogen-bond donors (Lipinski definition) is 2. The minimum Gasteiger partial charge on any atom is -0.366 e. The first kappa shape index (κ1) is 21.1. The van der Waals surface area contributed by atoms with Gasteiger partial charge in [0, 0.05) is 19.0 Å². The first-order valence-corrected chi connectivity index (χ1v) is 10.4. The minimum atomic E-state index is -3.85. The van der Waals surface area contributed by atoms with Gasteiger partial charge in [0.2, 0.25) is 5.91 Å². The predicted octanol–water partition coefficient (Wildman–Crippen LogP) is 2.65. The van der Waals surface area contributed by atoms with Crippen molar-refractivity contribution in [3.8, 4) is 0 Å². The van der Waals surface area contributed by atoms with Crippen LogP contribution in [0.3, 0.4) is 0 Å². The lowest BCUT2D eigenvalue weighted by atomic mass is 9.96. The summed E-state index contributed by atoms with van der Waals surface area (Å²) in [5.41, 5.74) is 5.46. The minimum absolute atomic E-state index is 0.0238. The Kier molecular flexibility index (Phi) is 6.08. The number of thiophene rings is 1. The maximum Gasteiger partial charge on any atom is 0.252 e. The summed E-state index contributed by atoms with van der Waals surface area (Å²) in [5.74, 6) is -1.14. The van der Waals surface area contributed by atoms with Crippen LogP contribution in [-0.2, 0) is 21.4 Å². The lowest BCUT2D eigenvalue weighted by molar-refractivity contribution is -0.123. The second-order valence-corrected chi connectivity index (χ2v) is 10.4. The Balaban J connectivity index is 2.35. The highest BCUT2D eigenvalue weighted by molar-refractivity contribution is 7.91. The summed E-state index contributed by atoms with van der Waals surface area (Å²) in [6.45, 7) is 5.32. The van der Waals surface area contributed by atoms with Gasteiger partial charge < -0.3 is 11.1 Å². The molecule has 0 fully saturated rings. The molecule has 2 rings (SSSR count). The molecule has 0 aliphatic carbocycles. The standard InChI is InChI=1S/C18H23N3O4S2/c1-18(2,3)17(23)20-16-13(15(19)22)10-14(26-16)27(24,25)21(4)11-12-8-6-5-7-9-12/h5-10H,11H2,1-4H3,(H2,19,22)(H,20,23). The van der Waals surface area contributed by atoms with Gasteiger partial charge in [0.1, 0.15) is 9.21 Å². The molecule has 2 amide bonds. The quantitative estimate of drug-likeness (QED) is 0.764. The summed E-state index contributed by atoms with van der Waals surface area (Å²) in [6, 6.07) is 10.4. The molecule has 9 heteroatoms. The van der Waals surface area contributed by atoms with E-state index >= 15 is 0 Å². The smallest absolute Gasteiger partial charge is 0.252 e. The summed E-state index contributed by atoms with van der Waals surface area (Å²) >= 11 is 0.816. The fourth-order valence-electron chi connectivity index (χ4n) is 2.14. The summed E-state index contributed by atoms with van der Waals surface area (Å²) in [5, 5.41) is 2.74. The molecule has 0 saturated carbocycles. The maximum absolute atomic E-state index is 12.9. The summed E-state index contributed by atoms with van der Waals surface area (Å²) < 4.78 is 26.9. The molecule has 0 radical (unpaired) electrons. The molecule has 0 aliphatic heterocycles. The highest BCUT2D eigenvalue weighted by atomic mass is 32.2. The van der Waals surface area contributed by atoms with Crippen molar-refractivity contribution in [3.63, 3.8) is 0 Å². The van der Waals surface area contributed by atoms with Crippen LogP contribution in [0.1, 0.15) is 36.7 Å². The third-order valence-electron chi connectivity index (χ3n) is 3.80. The van der Waals surface area contributed by atoms with Gasteiger partial charge in [0.25, 0.3) is 15.9 Å². The molecular weight excluding hydrogens is 386 g/mol. The highest BCUT2D eigenvalue weighted by Crippen LogP contribution is 2.34. The van der Waals surface area contributed by atoms with Gasteiger partial charge in [-0.3, -0.25) is 9.59 Å². The molecule has 0 bridgehead atoms. The van der Waals surface area contributed by atoms with E-state index in [0.29, 0.717) is 0 Å². The average molecular weight is 410 g/mol. The third-order valence-corrected chi connectivity index (χ3v) is 7.10. The van der Waals surface area contributed by atoms with Gasteiger partial charge in [-0.2, -0.15) is 4.31 Å². The van der Waals surface area contributed by atoms with Gasteiger partial charge >= 0.3 is 0 Å². The Morgan fingerprint density at radius 2 is 1.78 bits per heavy atom. The van der Waals surface area contributed by atoms with Crippen molar-refractivity contribution in [3.05, 3.63) is 47.5 Å². The Bertz CT molecular complexity index is 945. The largest absolute Gasteiger partial charge is 0.366 e. The lowest BCUT2D eigenvalue weighted by Gasteiger charge is -2.17.